The van der Waals surface area contributed by atoms with Gasteiger partial charge in [-0.1, -0.05) is 0 Å². The summed E-state index contributed by atoms with van der Waals surface area (Å²) >= 11 is 0. The van der Waals surface area contributed by atoms with Gasteiger partial charge in [-0.15, -0.1) is 0 Å². The average Bonchev–Trinajstić information content (AvgIpc) is 3.04. The molecule has 128 valence electrons. The number of hydrogen-bond donors (Lipinski definition) is 1. The summed E-state index contributed by atoms with van der Waals surface area (Å²) in [4.78, 5) is 29.6. The third-order valence-electron chi connectivity index (χ3n) is 4.62. The Balaban J connectivity index is 1.42. The predicted molar refractivity (Wildman–Crippen MR) is 93.1 cm³/mol. The van der Waals surface area contributed by atoms with E-state index in [2.05, 4.69) is 10.3 Å². The van der Waals surface area contributed by atoms with E-state index < -0.39 is 0 Å². The highest BCUT2D eigenvalue weighted by molar-refractivity contribution is 5.92. The summed E-state index contributed by atoms with van der Waals surface area (Å²) in [6.07, 6.45) is 5.37. The second-order valence-electron chi connectivity index (χ2n) is 6.31. The number of ether oxygens (including phenoxy) is 1. The number of fused-ring (bicyclic) bond motifs is 3. The van der Waals surface area contributed by atoms with Crippen LogP contribution in [0.1, 0.15) is 24.8 Å². The Hall–Kier alpha value is -2.89. The number of carbonyl (C=O) groups excluding carboxylic acids is 2. The van der Waals surface area contributed by atoms with Gasteiger partial charge < -0.3 is 15.0 Å². The number of likely N-dealkylation sites (tertiary alicyclic amines) is 1. The molecule has 6 heteroatoms. The molecule has 1 fully saturated rings. The topological polar surface area (TPSA) is 71.5 Å². The van der Waals surface area contributed by atoms with Crippen LogP contribution in [0.5, 0.6) is 5.75 Å². The van der Waals surface area contributed by atoms with Crippen molar-refractivity contribution in [1.82, 2.24) is 9.88 Å². The van der Waals surface area contributed by atoms with Crippen molar-refractivity contribution in [3.8, 4) is 16.9 Å². The third-order valence-corrected chi connectivity index (χ3v) is 4.62. The molecular formula is C19H19N3O3. The lowest BCUT2D eigenvalue weighted by molar-refractivity contribution is -0.128. The van der Waals surface area contributed by atoms with Gasteiger partial charge in [0.25, 0.3) is 0 Å². The molecule has 3 heterocycles. The van der Waals surface area contributed by atoms with Gasteiger partial charge in [0, 0.05) is 61.2 Å². The van der Waals surface area contributed by atoms with Crippen molar-refractivity contribution in [2.75, 3.05) is 18.4 Å². The van der Waals surface area contributed by atoms with Gasteiger partial charge in [0.2, 0.25) is 11.8 Å². The zero-order valence-electron chi connectivity index (χ0n) is 13.8. The number of aromatic nitrogens is 1. The van der Waals surface area contributed by atoms with Gasteiger partial charge in [0.05, 0.1) is 0 Å². The van der Waals surface area contributed by atoms with E-state index >= 15 is 0 Å². The monoisotopic (exact) mass is 337 g/mol. The molecule has 1 aromatic heterocycles. The first-order valence-corrected chi connectivity index (χ1v) is 8.48. The molecule has 1 saturated heterocycles. The van der Waals surface area contributed by atoms with Crippen molar-refractivity contribution >= 4 is 17.5 Å². The summed E-state index contributed by atoms with van der Waals surface area (Å²) in [6, 6.07) is 7.64. The van der Waals surface area contributed by atoms with Gasteiger partial charge in [-0.05, 0) is 30.2 Å². The molecule has 6 nitrogen and oxygen atoms in total. The van der Waals surface area contributed by atoms with Crippen LogP contribution >= 0.6 is 0 Å². The molecule has 1 N–H and O–H groups in total. The van der Waals surface area contributed by atoms with E-state index in [0.717, 1.165) is 35.4 Å². The van der Waals surface area contributed by atoms with Gasteiger partial charge in [-0.2, -0.15) is 0 Å². The number of nitrogens with one attached hydrogen (secondary N) is 1. The van der Waals surface area contributed by atoms with Crippen LogP contribution in [0, 0.1) is 0 Å². The Morgan fingerprint density at radius 2 is 2.20 bits per heavy atom. The highest BCUT2D eigenvalue weighted by Crippen LogP contribution is 2.38. The first-order chi connectivity index (χ1) is 12.2. The molecule has 2 aliphatic heterocycles. The molecule has 2 aliphatic rings. The molecule has 25 heavy (non-hydrogen) atoms. The number of hydrogen-bond acceptors (Lipinski definition) is 4. The Bertz CT molecular complexity index is 834. The number of benzene rings is 1. The van der Waals surface area contributed by atoms with Crippen LogP contribution in [-0.4, -0.2) is 34.8 Å². The molecule has 2 amide bonds. The lowest BCUT2D eigenvalue weighted by Crippen LogP contribution is -2.28. The summed E-state index contributed by atoms with van der Waals surface area (Å²) in [5.41, 5.74) is 3.88. The molecule has 0 bridgehead atoms. The maximum atomic E-state index is 12.1. The largest absolute Gasteiger partial charge is 0.488 e. The van der Waals surface area contributed by atoms with Crippen LogP contribution in [0.2, 0.25) is 0 Å². The van der Waals surface area contributed by atoms with Crippen molar-refractivity contribution in [2.45, 2.75) is 25.9 Å². The zero-order chi connectivity index (χ0) is 17.2. The van der Waals surface area contributed by atoms with Crippen molar-refractivity contribution in [3.63, 3.8) is 0 Å². The van der Waals surface area contributed by atoms with Gasteiger partial charge in [-0.3, -0.25) is 14.6 Å². The number of nitrogens with zero attached hydrogens (tertiary/aromatic N) is 2. The molecule has 0 radical (unpaired) electrons. The fourth-order valence-corrected chi connectivity index (χ4v) is 3.30. The van der Waals surface area contributed by atoms with Crippen LogP contribution in [-0.2, 0) is 16.2 Å². The Labute approximate surface area is 145 Å². The summed E-state index contributed by atoms with van der Waals surface area (Å²) in [7, 11) is 0. The van der Waals surface area contributed by atoms with E-state index in [-0.39, 0.29) is 11.8 Å². The molecule has 0 unspecified atom stereocenters. The van der Waals surface area contributed by atoms with Crippen LogP contribution in [0.15, 0.2) is 36.7 Å². The van der Waals surface area contributed by atoms with Gasteiger partial charge >= 0.3 is 0 Å². The van der Waals surface area contributed by atoms with E-state index in [0.29, 0.717) is 31.7 Å². The normalized spacial score (nSPS) is 15.4. The lowest BCUT2D eigenvalue weighted by atomic mass is 9.98. The highest BCUT2D eigenvalue weighted by atomic mass is 16.5. The first-order valence-electron chi connectivity index (χ1n) is 8.48. The van der Waals surface area contributed by atoms with Gasteiger partial charge in [0.1, 0.15) is 12.4 Å². The SMILES string of the molecule is O=C(CCN1CCCC1=O)Nc1ccc2c(c1)OCc1cnccc1-2. The van der Waals surface area contributed by atoms with Crippen molar-refractivity contribution in [2.24, 2.45) is 0 Å². The number of rotatable bonds is 4. The van der Waals surface area contributed by atoms with Crippen molar-refractivity contribution in [3.05, 3.63) is 42.2 Å². The van der Waals surface area contributed by atoms with Crippen molar-refractivity contribution < 1.29 is 14.3 Å². The molecule has 0 aliphatic carbocycles. The fourth-order valence-electron chi connectivity index (χ4n) is 3.30. The number of pyridine rings is 1. The Kier molecular flexibility index (Phi) is 4.09. The molecule has 4 rings (SSSR count). The standard InChI is InChI=1S/C19H19N3O3/c23-18(6-9-22-8-1-2-19(22)24)21-14-3-4-16-15-5-7-20-11-13(15)12-25-17(16)10-14/h3-5,7,10-11H,1-2,6,8-9,12H2,(H,21,23). The number of carbonyl (C=O) groups is 2. The number of anilines is 1. The Morgan fingerprint density at radius 3 is 3.04 bits per heavy atom. The van der Waals surface area contributed by atoms with Crippen molar-refractivity contribution in [1.29, 1.82) is 0 Å². The number of amides is 2. The minimum Gasteiger partial charge on any atom is -0.488 e. The van der Waals surface area contributed by atoms with Crippen LogP contribution in [0.3, 0.4) is 0 Å². The quantitative estimate of drug-likeness (QED) is 0.931. The van der Waals surface area contributed by atoms with E-state index in [9.17, 15) is 9.59 Å². The maximum Gasteiger partial charge on any atom is 0.226 e. The van der Waals surface area contributed by atoms with E-state index in [1.54, 1.807) is 11.1 Å². The van der Waals surface area contributed by atoms with E-state index in [1.807, 2.05) is 30.5 Å². The van der Waals surface area contributed by atoms with E-state index in [4.69, 9.17) is 4.74 Å². The Morgan fingerprint density at radius 1 is 1.28 bits per heavy atom. The maximum absolute atomic E-state index is 12.1. The summed E-state index contributed by atoms with van der Waals surface area (Å²) < 4.78 is 5.78. The molecule has 0 saturated carbocycles. The smallest absolute Gasteiger partial charge is 0.226 e. The van der Waals surface area contributed by atoms with E-state index in [1.165, 1.54) is 0 Å². The second kappa shape index (κ2) is 6.55. The summed E-state index contributed by atoms with van der Waals surface area (Å²) in [6.45, 7) is 1.71. The third kappa shape index (κ3) is 3.20. The summed E-state index contributed by atoms with van der Waals surface area (Å²) in [5.74, 6) is 0.800. The molecule has 1 aromatic carbocycles. The first kappa shape index (κ1) is 15.6. The molecule has 0 spiro atoms. The minimum atomic E-state index is -0.0972. The lowest BCUT2D eigenvalue weighted by Gasteiger charge is -2.21. The molecule has 0 atom stereocenters. The highest BCUT2D eigenvalue weighted by Gasteiger charge is 2.21. The molecule has 2 aromatic rings. The van der Waals surface area contributed by atoms with Gasteiger partial charge in [-0.25, -0.2) is 0 Å². The average molecular weight is 337 g/mol. The predicted octanol–water partition coefficient (Wildman–Crippen LogP) is 2.59. The minimum absolute atomic E-state index is 0.0972. The van der Waals surface area contributed by atoms with Crippen LogP contribution < -0.4 is 10.1 Å². The van der Waals surface area contributed by atoms with Crippen LogP contribution in [0.25, 0.3) is 11.1 Å². The van der Waals surface area contributed by atoms with Gasteiger partial charge in [0.15, 0.2) is 0 Å². The second-order valence-corrected chi connectivity index (χ2v) is 6.31. The van der Waals surface area contributed by atoms with Crippen LogP contribution in [0.4, 0.5) is 5.69 Å². The zero-order valence-corrected chi connectivity index (χ0v) is 13.8. The summed E-state index contributed by atoms with van der Waals surface area (Å²) in [5, 5.41) is 2.89. The molecular weight excluding hydrogens is 318 g/mol. The fraction of sp³-hybridized carbons (Fsp3) is 0.316.